The zero-order valence-corrected chi connectivity index (χ0v) is 6.80. The summed E-state index contributed by atoms with van der Waals surface area (Å²) in [6.07, 6.45) is 0. The van der Waals surface area contributed by atoms with E-state index in [1.807, 2.05) is 0 Å². The number of benzene rings is 1. The van der Waals surface area contributed by atoms with Crippen LogP contribution in [-0.4, -0.2) is 9.77 Å². The zero-order chi connectivity index (χ0) is 15.4. The van der Waals surface area contributed by atoms with Crippen LogP contribution in [0.3, 0.4) is 0 Å². The first kappa shape index (κ1) is 3.18. The fraction of sp³-hybridized carbons (Fsp3) is 0.100. The minimum absolute atomic E-state index is 0.0156. The quantitative estimate of drug-likeness (QED) is 0.710. The Morgan fingerprint density at radius 1 is 1.46 bits per heavy atom. The fourth-order valence-corrected chi connectivity index (χ4v) is 0.929. The first-order valence-corrected chi connectivity index (χ1v) is 3.57. The average Bonchev–Trinajstić information content (AvgIpc) is 2.61. The molecule has 0 atom stereocenters. The van der Waals surface area contributed by atoms with Gasteiger partial charge in [-0.2, -0.15) is 0 Å². The lowest BCUT2D eigenvalue weighted by molar-refractivity contribution is 0.835. The van der Waals surface area contributed by atoms with E-state index in [0.29, 0.717) is 9.77 Å². The van der Waals surface area contributed by atoms with Crippen LogP contribution >= 0.6 is 0 Å². The van der Waals surface area contributed by atoms with Crippen molar-refractivity contribution in [2.75, 3.05) is 0 Å². The summed E-state index contributed by atoms with van der Waals surface area (Å²) in [5.74, 6) is 0. The SMILES string of the molecule is [2H]c1c([2H])c([2H])c(-n2c(=O)c([2H])c(C)n2[2H])c([2H])c1[2H]. The van der Waals surface area contributed by atoms with Crippen LogP contribution in [0.15, 0.2) is 41.0 Å². The van der Waals surface area contributed by atoms with Crippen molar-refractivity contribution in [2.24, 2.45) is 0 Å². The highest BCUT2D eigenvalue weighted by Crippen LogP contribution is 2.02. The molecule has 0 aliphatic rings. The van der Waals surface area contributed by atoms with Crippen molar-refractivity contribution in [1.82, 2.24) is 9.77 Å². The number of hydrogen-bond acceptors (Lipinski definition) is 1. The van der Waals surface area contributed by atoms with Crippen LogP contribution in [0.4, 0.5) is 0 Å². The molecule has 66 valence electrons. The standard InChI is InChI=1S/C10H10N2O/c1-8-7-10(13)12(11-8)9-5-3-2-4-6-9/h2-7,11H,1H3/i2D,3D,4D,5D,6D,7D/hD. The van der Waals surface area contributed by atoms with Crippen molar-refractivity contribution in [3.63, 3.8) is 0 Å². The molecule has 0 amide bonds. The molecule has 3 nitrogen and oxygen atoms in total. The Labute approximate surface area is 85.5 Å². The minimum Gasteiger partial charge on any atom is -0.295 e. The molecule has 0 aliphatic carbocycles. The van der Waals surface area contributed by atoms with Crippen molar-refractivity contribution in [3.8, 4) is 5.69 Å². The molecule has 0 aliphatic heterocycles. The van der Waals surface area contributed by atoms with Gasteiger partial charge >= 0.3 is 0 Å². The number of para-hydroxylation sites is 1. The summed E-state index contributed by atoms with van der Waals surface area (Å²) in [6, 6.07) is -3.42. The smallest absolute Gasteiger partial charge is 0.271 e. The zero-order valence-electron chi connectivity index (χ0n) is 13.8. The Morgan fingerprint density at radius 3 is 2.69 bits per heavy atom. The molecule has 1 aromatic carbocycles. The van der Waals surface area contributed by atoms with Crippen LogP contribution in [0.1, 0.15) is 13.9 Å². The lowest BCUT2D eigenvalue weighted by atomic mass is 10.3. The molecule has 0 spiro atoms. The predicted molar refractivity (Wildman–Crippen MR) is 51.1 cm³/mol. The van der Waals surface area contributed by atoms with Crippen molar-refractivity contribution < 1.29 is 9.64 Å². The van der Waals surface area contributed by atoms with E-state index in [1.54, 1.807) is 0 Å². The van der Waals surface area contributed by atoms with Gasteiger partial charge in [0, 0.05) is 11.7 Å². The van der Waals surface area contributed by atoms with Gasteiger partial charge in [0.1, 0.15) is 0 Å². The average molecular weight is 181 g/mol. The van der Waals surface area contributed by atoms with Crippen LogP contribution in [0.2, 0.25) is 1.41 Å². The summed E-state index contributed by atoms with van der Waals surface area (Å²) >= 11 is 0. The van der Waals surface area contributed by atoms with Crippen molar-refractivity contribution in [1.29, 1.82) is 0 Å². The van der Waals surface area contributed by atoms with Crippen molar-refractivity contribution in [2.45, 2.75) is 6.92 Å². The van der Waals surface area contributed by atoms with Crippen LogP contribution in [0.25, 0.3) is 5.69 Å². The Kier molecular flexibility index (Phi) is 0.718. The van der Waals surface area contributed by atoms with Gasteiger partial charge in [0.25, 0.3) is 5.56 Å². The Balaban J connectivity index is 2.99. The van der Waals surface area contributed by atoms with Gasteiger partial charge < -0.3 is 0 Å². The molecule has 0 unspecified atom stereocenters. The van der Waals surface area contributed by atoms with Crippen molar-refractivity contribution >= 4 is 0 Å². The van der Waals surface area contributed by atoms with Crippen LogP contribution < -0.4 is 5.56 Å². The third-order valence-electron chi connectivity index (χ3n) is 1.43. The number of aromatic nitrogens is 2. The molecule has 13 heavy (non-hydrogen) atoms. The second-order valence-electron chi connectivity index (χ2n) is 2.40. The van der Waals surface area contributed by atoms with Gasteiger partial charge in [-0.15, -0.1) is 0 Å². The summed E-state index contributed by atoms with van der Waals surface area (Å²) in [5, 5.41) is 0.554. The molecule has 3 heteroatoms. The predicted octanol–water partition coefficient (Wildman–Crippen LogP) is 1.47. The minimum atomic E-state index is -0.906. The topological polar surface area (TPSA) is 37.8 Å². The lowest BCUT2D eigenvalue weighted by Gasteiger charge is -1.99. The summed E-state index contributed by atoms with van der Waals surface area (Å²) in [5.41, 5.74) is -1.32. The summed E-state index contributed by atoms with van der Waals surface area (Å²) < 4.78 is 53.9. The normalized spacial score (nSPS) is 17.8. The molecule has 1 aromatic heterocycles. The Hall–Kier alpha value is -1.77. The van der Waals surface area contributed by atoms with Crippen molar-refractivity contribution in [3.05, 3.63) is 52.3 Å². The van der Waals surface area contributed by atoms with E-state index < -0.39 is 47.5 Å². The van der Waals surface area contributed by atoms with E-state index >= 15 is 0 Å². The summed E-state index contributed by atoms with van der Waals surface area (Å²) in [7, 11) is 0. The maximum absolute atomic E-state index is 11.9. The van der Waals surface area contributed by atoms with Gasteiger partial charge in [0.05, 0.1) is 13.9 Å². The van der Waals surface area contributed by atoms with E-state index in [1.165, 1.54) is 6.92 Å². The number of hydrogen-bond donors (Lipinski definition) is 1. The van der Waals surface area contributed by atoms with Crippen LogP contribution in [0, 0.1) is 6.92 Å². The molecule has 2 aromatic rings. The Bertz CT molecular complexity index is 748. The van der Waals surface area contributed by atoms with Gasteiger partial charge in [-0.05, 0) is 19.0 Å². The first-order chi connectivity index (χ1) is 9.20. The highest BCUT2D eigenvalue weighted by atomic mass is 16.1. The lowest BCUT2D eigenvalue weighted by Crippen LogP contribution is -2.12. The molecule has 1 N–H and O–H groups in total. The number of nitrogens with zero attached hydrogens (tertiary/aromatic N) is 1. The van der Waals surface area contributed by atoms with Gasteiger partial charge in [-0.3, -0.25) is 9.89 Å². The highest BCUT2D eigenvalue weighted by molar-refractivity contribution is 5.30. The Morgan fingerprint density at radius 2 is 2.15 bits per heavy atom. The van der Waals surface area contributed by atoms with Gasteiger partial charge in [-0.1, -0.05) is 18.1 Å². The first-order valence-electron chi connectivity index (χ1n) is 7.02. The largest absolute Gasteiger partial charge is 0.295 e. The van der Waals surface area contributed by atoms with Gasteiger partial charge in [-0.25, -0.2) is 4.68 Å². The van der Waals surface area contributed by atoms with Crippen LogP contribution in [-0.2, 0) is 0 Å². The van der Waals surface area contributed by atoms with E-state index in [4.69, 9.17) is 9.64 Å². The second kappa shape index (κ2) is 2.94. The molecule has 2 rings (SSSR count). The highest BCUT2D eigenvalue weighted by Gasteiger charge is 1.99. The monoisotopic (exact) mass is 181 g/mol. The molecule has 0 bridgehead atoms. The van der Waals surface area contributed by atoms with E-state index in [9.17, 15) is 4.79 Å². The maximum Gasteiger partial charge on any atom is 0.271 e. The maximum atomic E-state index is 11.9. The van der Waals surface area contributed by atoms with Gasteiger partial charge in [0.2, 0.25) is 0 Å². The number of H-pyrrole nitrogens is 1. The van der Waals surface area contributed by atoms with E-state index in [2.05, 4.69) is 0 Å². The molecule has 0 saturated heterocycles. The van der Waals surface area contributed by atoms with Gasteiger partial charge in [0.15, 0.2) is 1.41 Å². The number of rotatable bonds is 1. The number of aromatic amines is 1. The molecular formula is C10H10N2O. The molecule has 0 saturated carbocycles. The van der Waals surface area contributed by atoms with E-state index in [-0.39, 0.29) is 5.69 Å². The second-order valence-corrected chi connectivity index (χ2v) is 2.40. The number of nitrogens with one attached hydrogen (secondary N) is 1. The summed E-state index contributed by atoms with van der Waals surface area (Å²) in [6.45, 7) is 1.36. The van der Waals surface area contributed by atoms with Crippen LogP contribution in [0.5, 0.6) is 0 Å². The fourth-order valence-electron chi connectivity index (χ4n) is 0.929. The third kappa shape index (κ3) is 1.40. The van der Waals surface area contributed by atoms with E-state index in [0.717, 1.165) is 0 Å². The third-order valence-corrected chi connectivity index (χ3v) is 1.43. The molecule has 1 heterocycles. The molecule has 0 fully saturated rings. The molecular weight excluding hydrogens is 164 g/mol. The molecule has 0 radical (unpaired) electrons. The summed E-state index contributed by atoms with van der Waals surface area (Å²) in [4.78, 5) is 11.9.